The number of hydrogen-bond acceptors (Lipinski definition) is 0. The van der Waals surface area contributed by atoms with Gasteiger partial charge in [-0.05, 0) is 0 Å². The van der Waals surface area contributed by atoms with E-state index in [9.17, 15) is 0 Å². The summed E-state index contributed by atoms with van der Waals surface area (Å²) in [5.74, 6) is 0. The third-order valence-electron chi connectivity index (χ3n) is 5.30. The summed E-state index contributed by atoms with van der Waals surface area (Å²) >= 11 is 2.15. The summed E-state index contributed by atoms with van der Waals surface area (Å²) in [4.78, 5) is 0. The van der Waals surface area contributed by atoms with E-state index in [0.29, 0.717) is 26.3 Å². The van der Waals surface area contributed by atoms with Gasteiger partial charge in [-0.1, -0.05) is 0 Å². The monoisotopic (exact) mass is 712 g/mol. The van der Waals surface area contributed by atoms with Crippen LogP contribution in [0.3, 0.4) is 0 Å². The summed E-state index contributed by atoms with van der Waals surface area (Å²) in [6.45, 7) is 30.2. The summed E-state index contributed by atoms with van der Waals surface area (Å²) in [7, 11) is -4.96. The predicted molar refractivity (Wildman–Crippen MR) is 153 cm³/mol. The van der Waals surface area contributed by atoms with Gasteiger partial charge in [0.15, 0.2) is 0 Å². The maximum Gasteiger partial charge on any atom is 0 e. The van der Waals surface area contributed by atoms with Crippen LogP contribution in [0.25, 0.3) is 0 Å². The Kier molecular flexibility index (Phi) is 10.4. The molecule has 0 spiro atoms. The Morgan fingerprint density at radius 1 is 0.767 bits per heavy atom. The summed E-state index contributed by atoms with van der Waals surface area (Å²) < 4.78 is 3.56. The molecule has 0 aliphatic rings. The van der Waals surface area contributed by atoms with Gasteiger partial charge in [-0.15, -0.1) is 0 Å². The second kappa shape index (κ2) is 10.5. The molecular formula is C22H40FeSe3Si4-6. The van der Waals surface area contributed by atoms with E-state index in [-0.39, 0.29) is 17.1 Å². The van der Waals surface area contributed by atoms with Crippen LogP contribution in [0.5, 0.6) is 0 Å². The van der Waals surface area contributed by atoms with Crippen LogP contribution < -0.4 is 29.7 Å². The largest absolute Gasteiger partial charge is 0 e. The molecule has 0 radical (unpaired) electrons. The summed E-state index contributed by atoms with van der Waals surface area (Å²) in [5.41, 5.74) is 0. The summed E-state index contributed by atoms with van der Waals surface area (Å²) in [5, 5.41) is 6.96. The van der Waals surface area contributed by atoms with Crippen molar-refractivity contribution in [3.63, 3.8) is 0 Å². The Balaban J connectivity index is 0.00000450. The Labute approximate surface area is 217 Å². The normalized spacial score (nSPS) is 13.5. The minimum atomic E-state index is -1.26. The fourth-order valence-electron chi connectivity index (χ4n) is 3.24. The summed E-state index contributed by atoms with van der Waals surface area (Å²) in [6, 6.07) is 10.6. The molecule has 0 saturated heterocycles. The van der Waals surface area contributed by atoms with E-state index in [4.69, 9.17) is 0 Å². The zero-order valence-electron chi connectivity index (χ0n) is 20.9. The average molecular weight is 710 g/mol. The molecule has 0 nitrogen and oxygen atoms in total. The second-order valence-corrected chi connectivity index (χ2v) is 48.2. The Morgan fingerprint density at radius 3 is 1.77 bits per heavy atom. The van der Waals surface area contributed by atoms with Crippen molar-refractivity contribution in [2.75, 3.05) is 0 Å². The topological polar surface area (TPSA) is 0 Å². The molecule has 2 aromatic carbocycles. The van der Waals surface area contributed by atoms with Crippen LogP contribution >= 0.6 is 0 Å². The van der Waals surface area contributed by atoms with E-state index < -0.39 is 32.3 Å². The smallest absolute Gasteiger partial charge is 0 e. The van der Waals surface area contributed by atoms with Gasteiger partial charge in [0.2, 0.25) is 0 Å². The Bertz CT molecular complexity index is 774. The molecule has 0 N–H and O–H groups in total. The van der Waals surface area contributed by atoms with Crippen LogP contribution in [-0.2, 0) is 17.1 Å². The molecule has 0 aromatic heterocycles. The van der Waals surface area contributed by atoms with Gasteiger partial charge in [0.1, 0.15) is 0 Å². The van der Waals surface area contributed by atoms with Crippen LogP contribution in [0.2, 0.25) is 78.6 Å². The Hall–Kier alpha value is 1.65. The van der Waals surface area contributed by atoms with E-state index >= 15 is 0 Å². The third kappa shape index (κ3) is 7.86. The van der Waals surface area contributed by atoms with Gasteiger partial charge >= 0.3 is 202 Å². The molecule has 0 fully saturated rings. The van der Waals surface area contributed by atoms with Crippen molar-refractivity contribution in [3.05, 3.63) is 24.3 Å². The minimum absolute atomic E-state index is 0. The van der Waals surface area contributed by atoms with Crippen molar-refractivity contribution in [2.24, 2.45) is 0 Å². The SMILES string of the molecule is C[Si](C)(C)c1cc([Se][Se][Se][c-]2[cH-][c-]([Si](C)(C)C)[cH-][c-]2[Si](C)(C)C)[c-]([Si](C)(C)C)c1.[Fe]. The van der Waals surface area contributed by atoms with Crippen LogP contribution in [0, 0.1) is 0 Å². The van der Waals surface area contributed by atoms with Crippen LogP contribution in [0.1, 0.15) is 0 Å². The minimum Gasteiger partial charge on any atom is 0 e. The van der Waals surface area contributed by atoms with Gasteiger partial charge in [-0.3, -0.25) is 0 Å². The van der Waals surface area contributed by atoms with Crippen molar-refractivity contribution in [1.29, 1.82) is 0 Å². The molecule has 8 heteroatoms. The van der Waals surface area contributed by atoms with E-state index in [0.717, 1.165) is 11.3 Å². The van der Waals surface area contributed by atoms with Gasteiger partial charge in [0, 0.05) is 17.1 Å². The summed E-state index contributed by atoms with van der Waals surface area (Å²) in [6.07, 6.45) is 0. The van der Waals surface area contributed by atoms with E-state index in [1.54, 1.807) is 29.7 Å². The van der Waals surface area contributed by atoms with Gasteiger partial charge in [0.25, 0.3) is 0 Å². The van der Waals surface area contributed by atoms with Crippen LogP contribution in [-0.4, -0.2) is 69.9 Å². The third-order valence-corrected chi connectivity index (χ3v) is 29.8. The molecule has 0 bridgehead atoms. The molecule has 0 heterocycles. The molecule has 0 unspecified atom stereocenters. The van der Waals surface area contributed by atoms with Crippen molar-refractivity contribution in [3.8, 4) is 0 Å². The van der Waals surface area contributed by atoms with E-state index in [1.807, 2.05) is 0 Å². The van der Waals surface area contributed by atoms with Gasteiger partial charge < -0.3 is 0 Å². The molecule has 2 rings (SSSR count). The standard InChI is InChI=1S/C22H40Se3Si4.Fe/c1-26(2,3)17-13-19(21(15-17)28(7,8)9)23-25-24-20-14-18(27(4,5)6)16-22(20)29(10,11)12;/h13-16H,1-12H3;/q-6;. The molecule has 2 aromatic rings. The second-order valence-electron chi connectivity index (χ2n) is 12.3. The van der Waals surface area contributed by atoms with Crippen LogP contribution in [0.15, 0.2) is 24.3 Å². The van der Waals surface area contributed by atoms with E-state index in [2.05, 4.69) is 103 Å². The zero-order chi connectivity index (χ0) is 22.4. The van der Waals surface area contributed by atoms with Crippen molar-refractivity contribution < 1.29 is 17.1 Å². The van der Waals surface area contributed by atoms with Gasteiger partial charge in [0.05, 0.1) is 0 Å². The molecule has 0 saturated carbocycles. The average Bonchev–Trinajstić information content (AvgIpc) is 3.09. The molecule has 0 aliphatic carbocycles. The fraction of sp³-hybridized carbons (Fsp3) is 0.545. The zero-order valence-corrected chi connectivity index (χ0v) is 31.1. The van der Waals surface area contributed by atoms with Gasteiger partial charge in [-0.2, -0.15) is 0 Å². The van der Waals surface area contributed by atoms with E-state index in [1.165, 1.54) is 0 Å². The van der Waals surface area contributed by atoms with Crippen molar-refractivity contribution in [2.45, 2.75) is 78.6 Å². The Morgan fingerprint density at radius 2 is 1.33 bits per heavy atom. The van der Waals surface area contributed by atoms with Crippen molar-refractivity contribution >= 4 is 99.5 Å². The maximum atomic E-state index is 2.65. The molecule has 0 atom stereocenters. The maximum absolute atomic E-state index is 2.65. The predicted octanol–water partition coefficient (Wildman–Crippen LogP) is 2.20. The molecular weight excluding hydrogens is 669 g/mol. The first-order valence-electron chi connectivity index (χ1n) is 10.6. The van der Waals surface area contributed by atoms with Gasteiger partial charge in [-0.25, -0.2) is 0 Å². The first-order valence-corrected chi connectivity index (χ1v) is 34.9. The number of rotatable bonds is 8. The van der Waals surface area contributed by atoms with Crippen LogP contribution in [0.4, 0.5) is 0 Å². The molecule has 176 valence electrons. The number of hydrogen-bond donors (Lipinski definition) is 0. The quantitative estimate of drug-likeness (QED) is 0.292. The first-order chi connectivity index (χ1) is 12.9. The molecule has 0 aliphatic heterocycles. The molecule has 0 amide bonds. The van der Waals surface area contributed by atoms with Crippen molar-refractivity contribution in [1.82, 2.24) is 0 Å². The first kappa shape index (κ1) is 29.7. The molecule has 30 heavy (non-hydrogen) atoms. The fourth-order valence-corrected chi connectivity index (χ4v) is 32.2.